The number of amides is 1. The quantitative estimate of drug-likeness (QED) is 0.232. The van der Waals surface area contributed by atoms with Crippen LogP contribution in [-0.4, -0.2) is 49.5 Å². The van der Waals surface area contributed by atoms with Crippen molar-refractivity contribution in [3.8, 4) is 5.75 Å². The summed E-state index contributed by atoms with van der Waals surface area (Å²) in [5, 5.41) is 14.8. The van der Waals surface area contributed by atoms with Crippen molar-refractivity contribution < 1.29 is 19.4 Å². The number of thioether (sulfide) groups is 1. The van der Waals surface area contributed by atoms with Crippen molar-refractivity contribution in [1.82, 2.24) is 10.6 Å². The van der Waals surface area contributed by atoms with Crippen LogP contribution >= 0.6 is 11.8 Å². The van der Waals surface area contributed by atoms with Crippen molar-refractivity contribution >= 4 is 23.6 Å². The Kier molecular flexibility index (Phi) is 9.96. The summed E-state index contributed by atoms with van der Waals surface area (Å²) >= 11 is 1.76. The van der Waals surface area contributed by atoms with Crippen molar-refractivity contribution in [2.24, 2.45) is 0 Å². The van der Waals surface area contributed by atoms with Crippen LogP contribution in [0.1, 0.15) is 35.1 Å². The van der Waals surface area contributed by atoms with E-state index in [0.29, 0.717) is 12.3 Å². The number of aryl methyl sites for hydroxylation is 1. The van der Waals surface area contributed by atoms with Crippen LogP contribution in [0.5, 0.6) is 5.75 Å². The summed E-state index contributed by atoms with van der Waals surface area (Å²) in [4.78, 5) is 23.5. The average Bonchev–Trinajstić information content (AvgIpc) is 2.90. The van der Waals surface area contributed by atoms with Gasteiger partial charge in [0, 0.05) is 18.7 Å². The second kappa shape index (κ2) is 13.1. The Morgan fingerprint density at radius 1 is 0.944 bits per heavy atom. The highest BCUT2D eigenvalue weighted by molar-refractivity contribution is 8.00. The summed E-state index contributed by atoms with van der Waals surface area (Å²) in [5.41, 5.74) is 4.61. The third kappa shape index (κ3) is 6.68. The molecule has 0 saturated carbocycles. The number of benzene rings is 3. The zero-order valence-corrected chi connectivity index (χ0v) is 21.8. The second-order valence-electron chi connectivity index (χ2n) is 8.56. The van der Waals surface area contributed by atoms with Crippen LogP contribution in [0.15, 0.2) is 78.9 Å². The maximum Gasteiger partial charge on any atom is 0.320 e. The van der Waals surface area contributed by atoms with E-state index in [1.165, 1.54) is 5.56 Å². The molecule has 2 atom stereocenters. The van der Waals surface area contributed by atoms with Crippen molar-refractivity contribution in [1.29, 1.82) is 0 Å². The first-order chi connectivity index (χ1) is 17.4. The molecular weight excluding hydrogens is 472 g/mol. The summed E-state index contributed by atoms with van der Waals surface area (Å²) < 4.78 is 4.91. The third-order valence-electron chi connectivity index (χ3n) is 6.18. The molecule has 0 bridgehead atoms. The van der Waals surface area contributed by atoms with Gasteiger partial charge >= 0.3 is 5.97 Å². The fraction of sp³-hybridized carbons (Fsp3) is 0.310. The molecule has 3 aromatic rings. The molecule has 190 valence electrons. The van der Waals surface area contributed by atoms with Gasteiger partial charge in [-0.05, 0) is 49.2 Å². The number of carboxylic acid groups (broad SMARTS) is 1. The molecule has 3 aromatic carbocycles. The van der Waals surface area contributed by atoms with Crippen LogP contribution in [0.25, 0.3) is 0 Å². The average molecular weight is 507 g/mol. The Bertz CT molecular complexity index is 1120. The molecule has 0 fully saturated rings. The van der Waals surface area contributed by atoms with Crippen LogP contribution in [0, 0.1) is 6.92 Å². The number of methoxy groups -OCH3 is 1. The number of carbonyl (C=O) groups excluding carboxylic acids is 1. The van der Waals surface area contributed by atoms with Gasteiger partial charge in [0.25, 0.3) is 0 Å². The first-order valence-electron chi connectivity index (χ1n) is 12.0. The van der Waals surface area contributed by atoms with Gasteiger partial charge in [0.2, 0.25) is 5.91 Å². The Morgan fingerprint density at radius 2 is 1.53 bits per heavy atom. The van der Waals surface area contributed by atoms with Crippen LogP contribution in [0.3, 0.4) is 0 Å². The van der Waals surface area contributed by atoms with Crippen molar-refractivity contribution in [3.05, 3.63) is 101 Å². The fourth-order valence-corrected chi connectivity index (χ4v) is 5.61. The zero-order chi connectivity index (χ0) is 26.0. The molecule has 2 unspecified atom stereocenters. The number of nitrogens with one attached hydrogen (secondary N) is 2. The van der Waals surface area contributed by atoms with Gasteiger partial charge in [-0.1, -0.05) is 72.3 Å². The van der Waals surface area contributed by atoms with E-state index < -0.39 is 16.8 Å². The Hall–Kier alpha value is -3.29. The second-order valence-corrected chi connectivity index (χ2v) is 9.87. The number of aliphatic carboxylic acids is 1. The van der Waals surface area contributed by atoms with Crippen LogP contribution in [-0.2, 0) is 14.3 Å². The predicted octanol–water partition coefficient (Wildman–Crippen LogP) is 4.60. The highest BCUT2D eigenvalue weighted by Crippen LogP contribution is 2.48. The molecule has 7 heteroatoms. The van der Waals surface area contributed by atoms with Gasteiger partial charge in [-0.25, -0.2) is 0 Å². The normalized spacial score (nSPS) is 13.4. The molecule has 0 aliphatic heterocycles. The maximum absolute atomic E-state index is 12.4. The van der Waals surface area contributed by atoms with Crippen molar-refractivity contribution in [2.45, 2.75) is 30.6 Å². The van der Waals surface area contributed by atoms with Crippen molar-refractivity contribution in [2.75, 3.05) is 26.5 Å². The molecule has 0 heterocycles. The van der Waals surface area contributed by atoms with Gasteiger partial charge in [0.05, 0.1) is 11.9 Å². The van der Waals surface area contributed by atoms with Gasteiger partial charge in [-0.2, -0.15) is 0 Å². The lowest BCUT2D eigenvalue weighted by Crippen LogP contribution is -2.36. The van der Waals surface area contributed by atoms with Crippen LogP contribution in [0.2, 0.25) is 0 Å². The number of rotatable bonds is 13. The molecule has 0 aromatic heterocycles. The number of carbonyl (C=O) groups is 2. The Balaban J connectivity index is 1.85. The largest absolute Gasteiger partial charge is 0.497 e. The topological polar surface area (TPSA) is 87.7 Å². The molecule has 0 saturated heterocycles. The minimum atomic E-state index is -0.953. The van der Waals surface area contributed by atoms with Crippen LogP contribution < -0.4 is 15.4 Å². The maximum atomic E-state index is 12.4. The molecular formula is C29H34N2O4S. The lowest BCUT2D eigenvalue weighted by atomic mass is 9.83. The fourth-order valence-electron chi connectivity index (χ4n) is 4.19. The molecule has 36 heavy (non-hydrogen) atoms. The van der Waals surface area contributed by atoms with Crippen LogP contribution in [0.4, 0.5) is 0 Å². The number of carboxylic acids is 1. The molecule has 3 rings (SSSR count). The van der Waals surface area contributed by atoms with E-state index >= 15 is 0 Å². The smallest absolute Gasteiger partial charge is 0.320 e. The van der Waals surface area contributed by atoms with Gasteiger partial charge in [0.15, 0.2) is 0 Å². The number of ether oxygens (including phenoxy) is 1. The first kappa shape index (κ1) is 27.3. The Morgan fingerprint density at radius 3 is 2.08 bits per heavy atom. The van der Waals surface area contributed by atoms with Crippen molar-refractivity contribution in [3.63, 3.8) is 0 Å². The molecule has 0 aliphatic rings. The van der Waals surface area contributed by atoms with E-state index in [1.54, 1.807) is 25.9 Å². The number of hydrogen-bond acceptors (Lipinski definition) is 5. The summed E-state index contributed by atoms with van der Waals surface area (Å²) in [5.74, 6) is 0.353. The highest BCUT2D eigenvalue weighted by atomic mass is 32.2. The molecule has 0 aliphatic carbocycles. The summed E-state index contributed by atoms with van der Waals surface area (Å²) in [6.07, 6.45) is 0.400. The number of hydrogen-bond donors (Lipinski definition) is 3. The predicted molar refractivity (Wildman–Crippen MR) is 146 cm³/mol. The van der Waals surface area contributed by atoms with Gasteiger partial charge in [0.1, 0.15) is 11.8 Å². The molecule has 3 N–H and O–H groups in total. The van der Waals surface area contributed by atoms with E-state index in [4.69, 9.17) is 9.84 Å². The molecule has 1 amide bonds. The standard InChI is InChI=1S/C29H34N2O4S/c1-21-9-11-23(12-10-21)29(22-7-5-4-6-8-22,24-13-15-25(35-3)16-14-24)36-20-19-31-27(32)18-17-26(30-2)28(33)34/h4-16,26,30H,17-20H2,1-3H3,(H,31,32)(H,33,34). The van der Waals surface area contributed by atoms with Gasteiger partial charge in [-0.15, -0.1) is 11.8 Å². The van der Waals surface area contributed by atoms with E-state index in [1.807, 2.05) is 30.3 Å². The zero-order valence-electron chi connectivity index (χ0n) is 21.0. The van der Waals surface area contributed by atoms with E-state index in [9.17, 15) is 9.59 Å². The number of likely N-dealkylation sites (N-methyl/N-ethyl adjacent to an activating group) is 1. The third-order valence-corrected chi connectivity index (χ3v) is 7.73. The minimum absolute atomic E-state index is 0.151. The SMILES string of the molecule is CNC(CCC(=O)NCCSC(c1ccccc1)(c1ccc(C)cc1)c1ccc(OC)cc1)C(=O)O. The van der Waals surface area contributed by atoms with E-state index in [-0.39, 0.29) is 18.7 Å². The van der Waals surface area contributed by atoms with Gasteiger partial charge in [-0.3, -0.25) is 9.59 Å². The molecule has 0 spiro atoms. The summed E-state index contributed by atoms with van der Waals surface area (Å²) in [6.45, 7) is 2.55. The van der Waals surface area contributed by atoms with E-state index in [2.05, 4.69) is 66.1 Å². The van der Waals surface area contributed by atoms with Gasteiger partial charge < -0.3 is 20.5 Å². The Labute approximate surface area is 217 Å². The molecule has 6 nitrogen and oxygen atoms in total. The minimum Gasteiger partial charge on any atom is -0.497 e. The monoisotopic (exact) mass is 506 g/mol. The molecule has 0 radical (unpaired) electrons. The lowest BCUT2D eigenvalue weighted by Gasteiger charge is -2.35. The lowest BCUT2D eigenvalue weighted by molar-refractivity contribution is -0.139. The highest BCUT2D eigenvalue weighted by Gasteiger charge is 2.37. The summed E-state index contributed by atoms with van der Waals surface area (Å²) in [7, 11) is 3.24. The summed E-state index contributed by atoms with van der Waals surface area (Å²) in [6, 6.07) is 26.4. The van der Waals surface area contributed by atoms with E-state index in [0.717, 1.165) is 22.4 Å². The first-order valence-corrected chi connectivity index (χ1v) is 13.0.